The fourth-order valence-electron chi connectivity index (χ4n) is 9.24. The lowest BCUT2D eigenvalue weighted by Crippen LogP contribution is -2.44. The van der Waals surface area contributed by atoms with E-state index in [-0.39, 0.29) is 38.6 Å². The van der Waals surface area contributed by atoms with Gasteiger partial charge in [0.15, 0.2) is 12.4 Å². The number of likely N-dealkylation sites (N-methyl/N-ethyl adjacent to an activating group) is 1. The van der Waals surface area contributed by atoms with Gasteiger partial charge in [-0.05, 0) is 135 Å². The molecule has 91 heavy (non-hydrogen) atoms. The molecule has 0 fully saturated rings. The van der Waals surface area contributed by atoms with Crippen molar-refractivity contribution in [1.29, 1.82) is 0 Å². The Labute approximate surface area is 558 Å². The highest BCUT2D eigenvalue weighted by molar-refractivity contribution is 5.70. The fourth-order valence-corrected chi connectivity index (χ4v) is 9.24. The van der Waals surface area contributed by atoms with Crippen molar-refractivity contribution in [2.75, 3.05) is 47.5 Å². The van der Waals surface area contributed by atoms with E-state index < -0.39 is 24.3 Å². The van der Waals surface area contributed by atoms with Crippen molar-refractivity contribution >= 4 is 17.9 Å². The number of allylic oxidation sites excluding steroid dienone is 30. The summed E-state index contributed by atoms with van der Waals surface area (Å²) in [6.45, 7) is 4.46. The van der Waals surface area contributed by atoms with E-state index in [1.807, 2.05) is 21.1 Å². The number of rotatable bonds is 64. The SMILES string of the molecule is CC/C=C\C/C=C\C/C=C\C/C=C\C/C=C\C/C=C\C/C=C\C/C=C\CCCCC(=O)OC(COC(=O)CCCCCCCCCCCCCCCCCCC/C=C\C/C=C\C/C=C\C/C=C\C/C=C\C/C=C\C/C=C\CC)COC(OCC[N+](C)(C)C)C(=O)[O-]. The van der Waals surface area contributed by atoms with Crippen molar-refractivity contribution in [3.05, 3.63) is 182 Å². The molecule has 0 aliphatic heterocycles. The van der Waals surface area contributed by atoms with Crippen LogP contribution >= 0.6 is 0 Å². The van der Waals surface area contributed by atoms with Crippen molar-refractivity contribution in [1.82, 2.24) is 0 Å². The van der Waals surface area contributed by atoms with E-state index in [0.717, 1.165) is 128 Å². The van der Waals surface area contributed by atoms with Crippen LogP contribution in [0.2, 0.25) is 0 Å². The van der Waals surface area contributed by atoms with Gasteiger partial charge in [0.1, 0.15) is 13.2 Å². The summed E-state index contributed by atoms with van der Waals surface area (Å²) in [4.78, 5) is 37.5. The Morgan fingerprint density at radius 3 is 0.901 bits per heavy atom. The summed E-state index contributed by atoms with van der Waals surface area (Å²) in [7, 11) is 5.90. The molecule has 9 nitrogen and oxygen atoms in total. The molecule has 512 valence electrons. The first-order chi connectivity index (χ1) is 44.6. The standard InChI is InChI=1S/C82H131NO8/c1-6-8-10-12-14-16-18-20-22-24-26-28-30-32-34-35-36-37-38-39-40-41-42-43-44-45-47-48-50-52-54-56-58-60-62-64-66-68-70-72-79(84)89-76-78(77-90-82(81(86)87)88-75-74-83(3,4)5)91-80(85)73-71-69-67-65-63-61-59-57-55-53-51-49-46-33-31-29-27-25-23-21-19-17-15-13-11-9-7-2/h8-11,14-17,20-23,26-29,32-34,36-37,39-40,46,51,53,57,59,63,65,78,82H,6-7,12-13,18-19,24-25,30-31,35,38,41-45,47-50,52,54-56,58,60-62,64,66-77H2,1-5H3/b10-8-,11-9-,16-14-,17-15-,22-20-,23-21-,28-26-,29-27-,34-32-,37-36-,40-39-,46-33-,53-51-,59-57-,65-63-. The lowest BCUT2D eigenvalue weighted by atomic mass is 10.0. The zero-order chi connectivity index (χ0) is 66.1. The topological polar surface area (TPSA) is 111 Å². The monoisotopic (exact) mass is 1260 g/mol. The third-order valence-electron chi connectivity index (χ3n) is 14.6. The summed E-state index contributed by atoms with van der Waals surface area (Å²) in [5, 5.41) is 11.8. The highest BCUT2D eigenvalue weighted by atomic mass is 16.7. The van der Waals surface area contributed by atoms with Gasteiger partial charge in [-0.3, -0.25) is 9.59 Å². The molecule has 0 aromatic heterocycles. The molecule has 2 unspecified atom stereocenters. The lowest BCUT2D eigenvalue weighted by Gasteiger charge is -2.26. The van der Waals surface area contributed by atoms with Crippen LogP contribution in [0.25, 0.3) is 0 Å². The van der Waals surface area contributed by atoms with E-state index in [2.05, 4.69) is 196 Å². The van der Waals surface area contributed by atoms with Gasteiger partial charge in [-0.25, -0.2) is 0 Å². The van der Waals surface area contributed by atoms with Crippen LogP contribution in [0.1, 0.15) is 258 Å². The summed E-state index contributed by atoms with van der Waals surface area (Å²) in [5.41, 5.74) is 0. The maximum atomic E-state index is 12.9. The van der Waals surface area contributed by atoms with Crippen molar-refractivity contribution in [3.63, 3.8) is 0 Å². The normalized spacial score (nSPS) is 13.8. The van der Waals surface area contributed by atoms with Crippen molar-refractivity contribution in [2.24, 2.45) is 0 Å². The highest BCUT2D eigenvalue weighted by Crippen LogP contribution is 2.16. The van der Waals surface area contributed by atoms with Gasteiger partial charge in [-0.1, -0.05) is 292 Å². The minimum absolute atomic E-state index is 0.130. The molecule has 0 radical (unpaired) electrons. The maximum Gasteiger partial charge on any atom is 0.306 e. The number of unbranched alkanes of at least 4 members (excludes halogenated alkanes) is 19. The smallest absolute Gasteiger partial charge is 0.306 e. The molecular weight excluding hydrogens is 1130 g/mol. The van der Waals surface area contributed by atoms with Crippen molar-refractivity contribution < 1.29 is 42.9 Å². The van der Waals surface area contributed by atoms with E-state index in [0.29, 0.717) is 17.4 Å². The minimum atomic E-state index is -1.65. The van der Waals surface area contributed by atoms with Gasteiger partial charge in [0.05, 0.1) is 40.3 Å². The Hall–Kier alpha value is -5.61. The van der Waals surface area contributed by atoms with Crippen LogP contribution in [-0.4, -0.2) is 82.3 Å². The number of quaternary nitrogens is 1. The van der Waals surface area contributed by atoms with E-state index in [4.69, 9.17) is 18.9 Å². The number of hydrogen-bond acceptors (Lipinski definition) is 8. The summed E-state index contributed by atoms with van der Waals surface area (Å²) in [6.07, 6.45) is 104. The first kappa shape index (κ1) is 85.4. The Morgan fingerprint density at radius 1 is 0.330 bits per heavy atom. The number of hydrogen-bond donors (Lipinski definition) is 0. The van der Waals surface area contributed by atoms with E-state index in [1.54, 1.807) is 0 Å². The summed E-state index contributed by atoms with van der Waals surface area (Å²) < 4.78 is 22.7. The second kappa shape index (κ2) is 70.3. The van der Waals surface area contributed by atoms with Crippen molar-refractivity contribution in [3.8, 4) is 0 Å². The number of ether oxygens (including phenoxy) is 4. The highest BCUT2D eigenvalue weighted by Gasteiger charge is 2.22. The number of carbonyl (C=O) groups excluding carboxylic acids is 3. The molecule has 0 rings (SSSR count). The molecule has 0 bridgehead atoms. The molecule has 9 heteroatoms. The van der Waals surface area contributed by atoms with Crippen LogP contribution in [0.3, 0.4) is 0 Å². The predicted molar refractivity (Wildman–Crippen MR) is 388 cm³/mol. The second-order valence-corrected chi connectivity index (χ2v) is 24.4. The Balaban J connectivity index is 4.17. The molecule has 0 heterocycles. The molecule has 2 atom stereocenters. The van der Waals surface area contributed by atoms with Crippen LogP contribution in [0.15, 0.2) is 182 Å². The number of carboxylic acid groups (broad SMARTS) is 1. The predicted octanol–water partition coefficient (Wildman–Crippen LogP) is 21.5. The molecule has 0 N–H and O–H groups in total. The van der Waals surface area contributed by atoms with Gasteiger partial charge in [0, 0.05) is 12.8 Å². The summed E-state index contributed by atoms with van der Waals surface area (Å²) >= 11 is 0. The van der Waals surface area contributed by atoms with Gasteiger partial charge >= 0.3 is 11.9 Å². The van der Waals surface area contributed by atoms with Crippen molar-refractivity contribution in [2.45, 2.75) is 270 Å². The molecular formula is C82H131NO8. The third kappa shape index (κ3) is 71.7. The van der Waals surface area contributed by atoms with Crippen LogP contribution in [0, 0.1) is 0 Å². The minimum Gasteiger partial charge on any atom is -0.545 e. The molecule has 0 aliphatic rings. The molecule has 0 spiro atoms. The van der Waals surface area contributed by atoms with E-state index >= 15 is 0 Å². The van der Waals surface area contributed by atoms with Gasteiger partial charge in [-0.2, -0.15) is 0 Å². The Bertz CT molecular complexity index is 2150. The molecule has 0 saturated heterocycles. The fraction of sp³-hybridized carbons (Fsp3) is 0.598. The molecule has 0 aliphatic carbocycles. The van der Waals surface area contributed by atoms with Gasteiger partial charge in [-0.15, -0.1) is 0 Å². The zero-order valence-electron chi connectivity index (χ0n) is 58.4. The number of carboxylic acids is 1. The van der Waals surface area contributed by atoms with Crippen LogP contribution in [-0.2, 0) is 33.3 Å². The summed E-state index contributed by atoms with van der Waals surface area (Å²) in [6, 6.07) is 0. The van der Waals surface area contributed by atoms with Gasteiger partial charge < -0.3 is 33.3 Å². The number of nitrogens with zero attached hydrogens (tertiary/aromatic N) is 1. The zero-order valence-corrected chi connectivity index (χ0v) is 58.4. The van der Waals surface area contributed by atoms with Gasteiger partial charge in [0.25, 0.3) is 0 Å². The van der Waals surface area contributed by atoms with Gasteiger partial charge in [0.2, 0.25) is 0 Å². The van der Waals surface area contributed by atoms with E-state index in [9.17, 15) is 19.5 Å². The van der Waals surface area contributed by atoms with E-state index in [1.165, 1.54) is 96.3 Å². The Kier molecular flexibility index (Phi) is 65.9. The number of aliphatic carboxylic acids is 1. The maximum absolute atomic E-state index is 12.9. The number of carbonyl (C=O) groups is 3. The first-order valence-corrected chi connectivity index (χ1v) is 35.9. The molecule has 0 amide bonds. The molecule has 0 aromatic rings. The largest absolute Gasteiger partial charge is 0.545 e. The van der Waals surface area contributed by atoms with Crippen LogP contribution in [0.4, 0.5) is 0 Å². The molecule has 0 saturated carbocycles. The average Bonchev–Trinajstić information content (AvgIpc) is 3.46. The first-order valence-electron chi connectivity index (χ1n) is 35.9. The third-order valence-corrected chi connectivity index (χ3v) is 14.6. The number of esters is 2. The Morgan fingerprint density at radius 2 is 0.593 bits per heavy atom. The van der Waals surface area contributed by atoms with Crippen LogP contribution in [0.5, 0.6) is 0 Å². The quantitative estimate of drug-likeness (QED) is 0.0195. The average molecular weight is 1260 g/mol. The molecule has 0 aromatic carbocycles. The summed E-state index contributed by atoms with van der Waals surface area (Å²) in [5.74, 6) is -2.36. The van der Waals surface area contributed by atoms with Crippen LogP contribution < -0.4 is 5.11 Å². The second-order valence-electron chi connectivity index (χ2n) is 24.4. The lowest BCUT2D eigenvalue weighted by molar-refractivity contribution is -0.870.